The number of carbonyl (C=O) groups excluding carboxylic acids is 1. The van der Waals surface area contributed by atoms with Crippen LogP contribution in [0.4, 0.5) is 5.69 Å². The van der Waals surface area contributed by atoms with Crippen LogP contribution >= 0.6 is 11.6 Å². The number of amides is 1. The zero-order valence-corrected chi connectivity index (χ0v) is 13.6. The molecule has 1 aliphatic rings. The summed E-state index contributed by atoms with van der Waals surface area (Å²) in [5, 5.41) is 7.06. The summed E-state index contributed by atoms with van der Waals surface area (Å²) in [7, 11) is 0. The predicted octanol–water partition coefficient (Wildman–Crippen LogP) is 2.57. The molecule has 4 nitrogen and oxygen atoms in total. The molecule has 120 valence electrons. The highest BCUT2D eigenvalue weighted by Crippen LogP contribution is 2.21. The maximum absolute atomic E-state index is 12.3. The second kappa shape index (κ2) is 7.49. The Labute approximate surface area is 141 Å². The zero-order chi connectivity index (χ0) is 16.1. The van der Waals surface area contributed by atoms with E-state index in [0.717, 1.165) is 30.9 Å². The van der Waals surface area contributed by atoms with Crippen LogP contribution < -0.4 is 15.5 Å². The Balaban J connectivity index is 1.60. The highest BCUT2D eigenvalue weighted by molar-refractivity contribution is 6.30. The molecule has 1 aliphatic heterocycles. The minimum atomic E-state index is 0.0247. The number of hydrogen-bond donors (Lipinski definition) is 2. The first-order valence-corrected chi connectivity index (χ1v) is 8.15. The van der Waals surface area contributed by atoms with Gasteiger partial charge >= 0.3 is 0 Å². The van der Waals surface area contributed by atoms with Gasteiger partial charge in [-0.1, -0.05) is 41.9 Å². The molecule has 0 unspecified atom stereocenters. The molecule has 1 amide bonds. The number of fused-ring (bicyclic) bond motifs is 1. The predicted molar refractivity (Wildman–Crippen MR) is 93.7 cm³/mol. The van der Waals surface area contributed by atoms with Gasteiger partial charge in [-0.05, 0) is 29.3 Å². The van der Waals surface area contributed by atoms with Crippen molar-refractivity contribution in [3.8, 4) is 0 Å². The van der Waals surface area contributed by atoms with Crippen molar-refractivity contribution >= 4 is 23.2 Å². The molecule has 0 saturated heterocycles. The van der Waals surface area contributed by atoms with Gasteiger partial charge in [0.2, 0.25) is 5.91 Å². The van der Waals surface area contributed by atoms with Crippen molar-refractivity contribution in [2.24, 2.45) is 0 Å². The lowest BCUT2D eigenvalue weighted by Crippen LogP contribution is -2.39. The third-order valence-electron chi connectivity index (χ3n) is 3.94. The Morgan fingerprint density at radius 3 is 2.78 bits per heavy atom. The number of nitrogens with zero attached hydrogens (tertiary/aromatic N) is 1. The first-order chi connectivity index (χ1) is 11.2. The van der Waals surface area contributed by atoms with Crippen LogP contribution in [-0.2, 0) is 17.9 Å². The molecule has 1 heterocycles. The lowest BCUT2D eigenvalue weighted by Gasteiger charge is -2.23. The van der Waals surface area contributed by atoms with Crippen molar-refractivity contribution in [1.29, 1.82) is 0 Å². The number of hydrogen-bond acceptors (Lipinski definition) is 3. The van der Waals surface area contributed by atoms with Gasteiger partial charge in [-0.2, -0.15) is 0 Å². The summed E-state index contributed by atoms with van der Waals surface area (Å²) in [5.74, 6) is 0.0247. The van der Waals surface area contributed by atoms with Gasteiger partial charge in [-0.3, -0.25) is 4.79 Å². The molecular formula is C18H20ClN3O. The largest absolute Gasteiger partial charge is 0.361 e. The van der Waals surface area contributed by atoms with Crippen LogP contribution in [0.5, 0.6) is 0 Å². The van der Waals surface area contributed by atoms with Crippen molar-refractivity contribution in [3.05, 3.63) is 64.7 Å². The Bertz CT molecular complexity index is 672. The van der Waals surface area contributed by atoms with E-state index in [1.165, 1.54) is 5.56 Å². The highest BCUT2D eigenvalue weighted by Gasteiger charge is 2.16. The van der Waals surface area contributed by atoms with Crippen LogP contribution in [0.2, 0.25) is 5.02 Å². The van der Waals surface area contributed by atoms with Gasteiger partial charge in [0.25, 0.3) is 0 Å². The number of carbonyl (C=O) groups is 1. The van der Waals surface area contributed by atoms with E-state index in [2.05, 4.69) is 27.7 Å². The molecule has 23 heavy (non-hydrogen) atoms. The minimum absolute atomic E-state index is 0.0247. The van der Waals surface area contributed by atoms with Crippen LogP contribution in [0, 0.1) is 0 Å². The van der Waals surface area contributed by atoms with Crippen molar-refractivity contribution in [2.45, 2.75) is 13.1 Å². The van der Waals surface area contributed by atoms with E-state index in [4.69, 9.17) is 11.6 Å². The minimum Gasteiger partial charge on any atom is -0.361 e. The van der Waals surface area contributed by atoms with E-state index in [1.54, 1.807) is 0 Å². The van der Waals surface area contributed by atoms with Gasteiger partial charge in [-0.25, -0.2) is 0 Å². The average molecular weight is 330 g/mol. The molecule has 0 bridgehead atoms. The van der Waals surface area contributed by atoms with Crippen LogP contribution in [0.25, 0.3) is 0 Å². The van der Waals surface area contributed by atoms with Crippen LogP contribution in [0.1, 0.15) is 11.1 Å². The molecule has 0 saturated carbocycles. The summed E-state index contributed by atoms with van der Waals surface area (Å²) in [6.07, 6.45) is 0. The summed E-state index contributed by atoms with van der Waals surface area (Å²) in [5.41, 5.74) is 3.41. The Kier molecular flexibility index (Phi) is 5.16. The number of rotatable bonds is 4. The molecule has 2 aromatic rings. The molecule has 0 fully saturated rings. The SMILES string of the molecule is O=C(CN1CCNCc2ccccc21)NCc1ccc(Cl)cc1. The van der Waals surface area contributed by atoms with Gasteiger partial charge in [0.15, 0.2) is 0 Å². The monoisotopic (exact) mass is 329 g/mol. The van der Waals surface area contributed by atoms with Crippen LogP contribution in [-0.4, -0.2) is 25.5 Å². The quantitative estimate of drug-likeness (QED) is 0.906. The molecule has 0 aromatic heterocycles. The lowest BCUT2D eigenvalue weighted by atomic mass is 10.1. The molecule has 3 rings (SSSR count). The number of halogens is 1. The summed E-state index contributed by atoms with van der Waals surface area (Å²) >= 11 is 5.87. The van der Waals surface area contributed by atoms with E-state index >= 15 is 0 Å². The molecule has 0 radical (unpaired) electrons. The molecule has 0 spiro atoms. The second-order valence-electron chi connectivity index (χ2n) is 5.63. The van der Waals surface area contributed by atoms with Crippen LogP contribution in [0.15, 0.2) is 48.5 Å². The van der Waals surface area contributed by atoms with E-state index in [-0.39, 0.29) is 5.91 Å². The van der Waals surface area contributed by atoms with Gasteiger partial charge in [-0.15, -0.1) is 0 Å². The average Bonchev–Trinajstić information content (AvgIpc) is 2.77. The topological polar surface area (TPSA) is 44.4 Å². The standard InChI is InChI=1S/C18H20ClN3O/c19-16-7-5-14(6-8-16)11-21-18(23)13-22-10-9-20-12-15-3-1-2-4-17(15)22/h1-8,20H,9-13H2,(H,21,23). The van der Waals surface area contributed by atoms with Crippen molar-refractivity contribution in [3.63, 3.8) is 0 Å². The number of nitrogens with one attached hydrogen (secondary N) is 2. The second-order valence-corrected chi connectivity index (χ2v) is 6.07. The van der Waals surface area contributed by atoms with Gasteiger partial charge in [0, 0.05) is 36.9 Å². The molecule has 5 heteroatoms. The molecule has 2 aromatic carbocycles. The summed E-state index contributed by atoms with van der Waals surface area (Å²) in [4.78, 5) is 14.4. The van der Waals surface area contributed by atoms with E-state index in [0.29, 0.717) is 18.1 Å². The van der Waals surface area contributed by atoms with Crippen molar-refractivity contribution < 1.29 is 4.79 Å². The van der Waals surface area contributed by atoms with E-state index < -0.39 is 0 Å². The molecular weight excluding hydrogens is 310 g/mol. The smallest absolute Gasteiger partial charge is 0.239 e. The van der Waals surface area contributed by atoms with Gasteiger partial charge < -0.3 is 15.5 Å². The summed E-state index contributed by atoms with van der Waals surface area (Å²) in [6.45, 7) is 3.43. The first-order valence-electron chi connectivity index (χ1n) is 7.77. The molecule has 0 atom stereocenters. The number of anilines is 1. The third-order valence-corrected chi connectivity index (χ3v) is 4.20. The Hall–Kier alpha value is -2.04. The zero-order valence-electron chi connectivity index (χ0n) is 12.9. The maximum Gasteiger partial charge on any atom is 0.239 e. The fourth-order valence-electron chi connectivity index (χ4n) is 2.72. The first kappa shape index (κ1) is 15.8. The number of para-hydroxylation sites is 1. The fourth-order valence-corrected chi connectivity index (χ4v) is 2.85. The number of benzene rings is 2. The normalized spacial score (nSPS) is 14.0. The highest BCUT2D eigenvalue weighted by atomic mass is 35.5. The van der Waals surface area contributed by atoms with Gasteiger partial charge in [0.1, 0.15) is 0 Å². The van der Waals surface area contributed by atoms with E-state index in [9.17, 15) is 4.79 Å². The van der Waals surface area contributed by atoms with E-state index in [1.807, 2.05) is 36.4 Å². The third kappa shape index (κ3) is 4.24. The maximum atomic E-state index is 12.3. The Morgan fingerprint density at radius 2 is 1.96 bits per heavy atom. The van der Waals surface area contributed by atoms with Gasteiger partial charge in [0.05, 0.1) is 6.54 Å². The van der Waals surface area contributed by atoms with Crippen molar-refractivity contribution in [2.75, 3.05) is 24.5 Å². The molecule has 0 aliphatic carbocycles. The lowest BCUT2D eigenvalue weighted by molar-refractivity contribution is -0.119. The summed E-state index contributed by atoms with van der Waals surface area (Å²) < 4.78 is 0. The molecule has 2 N–H and O–H groups in total. The summed E-state index contributed by atoms with van der Waals surface area (Å²) in [6, 6.07) is 15.7. The van der Waals surface area contributed by atoms with Crippen molar-refractivity contribution in [1.82, 2.24) is 10.6 Å². The fraction of sp³-hybridized carbons (Fsp3) is 0.278. The van der Waals surface area contributed by atoms with Crippen LogP contribution in [0.3, 0.4) is 0 Å². The Morgan fingerprint density at radius 1 is 1.17 bits per heavy atom.